The third kappa shape index (κ3) is 3.72. The van der Waals surface area contributed by atoms with Crippen LogP contribution in [0.4, 0.5) is 10.1 Å². The molecule has 0 saturated carbocycles. The molecule has 0 aromatic heterocycles. The second kappa shape index (κ2) is 6.57. The molecule has 1 unspecified atom stereocenters. The van der Waals surface area contributed by atoms with Crippen molar-refractivity contribution in [2.45, 2.75) is 13.0 Å². The van der Waals surface area contributed by atoms with Gasteiger partial charge >= 0.3 is 0 Å². The summed E-state index contributed by atoms with van der Waals surface area (Å²) >= 11 is 9.41. The highest BCUT2D eigenvalue weighted by molar-refractivity contribution is 9.10. The van der Waals surface area contributed by atoms with Crippen LogP contribution in [0.25, 0.3) is 0 Å². The van der Waals surface area contributed by atoms with Gasteiger partial charge in [-0.1, -0.05) is 27.5 Å². The van der Waals surface area contributed by atoms with Gasteiger partial charge in [0.2, 0.25) is 0 Å². The molecule has 1 atom stereocenters. The van der Waals surface area contributed by atoms with E-state index in [1.54, 1.807) is 12.1 Å². The number of aryl methyl sites for hydroxylation is 1. The van der Waals surface area contributed by atoms with E-state index in [-0.39, 0.29) is 18.5 Å². The lowest BCUT2D eigenvalue weighted by atomic mass is 10.1. The van der Waals surface area contributed by atoms with E-state index in [4.69, 9.17) is 11.6 Å². The summed E-state index contributed by atoms with van der Waals surface area (Å²) in [5.41, 5.74) is 2.25. The number of anilines is 1. The highest BCUT2D eigenvalue weighted by Gasteiger charge is 2.14. The Morgan fingerprint density at radius 3 is 2.70 bits per heavy atom. The number of nitrogens with one attached hydrogen (secondary N) is 1. The van der Waals surface area contributed by atoms with Crippen LogP contribution in [0.5, 0.6) is 0 Å². The molecule has 2 N–H and O–H groups in total. The second-order valence-corrected chi connectivity index (χ2v) is 5.85. The van der Waals surface area contributed by atoms with Gasteiger partial charge in [-0.25, -0.2) is 4.39 Å². The van der Waals surface area contributed by atoms with Crippen molar-refractivity contribution in [3.63, 3.8) is 0 Å². The van der Waals surface area contributed by atoms with Gasteiger partial charge in [0.05, 0.1) is 12.6 Å². The van der Waals surface area contributed by atoms with Crippen LogP contribution >= 0.6 is 27.5 Å². The largest absolute Gasteiger partial charge is 0.394 e. The van der Waals surface area contributed by atoms with Crippen molar-refractivity contribution >= 4 is 33.2 Å². The first-order valence-corrected chi connectivity index (χ1v) is 7.26. The lowest BCUT2D eigenvalue weighted by Gasteiger charge is -2.20. The molecule has 20 heavy (non-hydrogen) atoms. The van der Waals surface area contributed by atoms with Crippen LogP contribution in [0.1, 0.15) is 17.2 Å². The SMILES string of the molecule is Cc1cc(F)cc(NC(CO)c2cc(Cl)ccc2Br)c1. The number of benzene rings is 2. The minimum absolute atomic E-state index is 0.130. The molecule has 2 rings (SSSR count). The lowest BCUT2D eigenvalue weighted by molar-refractivity contribution is 0.276. The maximum absolute atomic E-state index is 13.4. The molecular formula is C15H14BrClFNO. The van der Waals surface area contributed by atoms with E-state index in [9.17, 15) is 9.50 Å². The molecule has 0 saturated heterocycles. The van der Waals surface area contributed by atoms with Crippen LogP contribution in [0.2, 0.25) is 5.02 Å². The molecule has 0 aliphatic rings. The van der Waals surface area contributed by atoms with Crippen LogP contribution in [0.15, 0.2) is 40.9 Å². The zero-order chi connectivity index (χ0) is 14.7. The van der Waals surface area contributed by atoms with E-state index < -0.39 is 0 Å². The quantitative estimate of drug-likeness (QED) is 0.830. The Kier molecular flexibility index (Phi) is 5.02. The fourth-order valence-corrected chi connectivity index (χ4v) is 2.73. The van der Waals surface area contributed by atoms with E-state index in [0.29, 0.717) is 10.7 Å². The first-order chi connectivity index (χ1) is 9.49. The summed E-state index contributed by atoms with van der Waals surface area (Å²) < 4.78 is 14.2. The Morgan fingerprint density at radius 1 is 1.30 bits per heavy atom. The van der Waals surface area contributed by atoms with Gasteiger partial charge in [-0.2, -0.15) is 0 Å². The van der Waals surface area contributed by atoms with Crippen LogP contribution in [-0.4, -0.2) is 11.7 Å². The summed E-state index contributed by atoms with van der Waals surface area (Å²) in [6.45, 7) is 1.69. The maximum Gasteiger partial charge on any atom is 0.125 e. The minimum Gasteiger partial charge on any atom is -0.394 e. The molecule has 0 fully saturated rings. The number of hydrogen-bond donors (Lipinski definition) is 2. The number of aliphatic hydroxyl groups is 1. The highest BCUT2D eigenvalue weighted by Crippen LogP contribution is 2.29. The van der Waals surface area contributed by atoms with Gasteiger partial charge in [-0.05, 0) is 54.4 Å². The molecule has 5 heteroatoms. The van der Waals surface area contributed by atoms with E-state index in [1.165, 1.54) is 12.1 Å². The third-order valence-electron chi connectivity index (χ3n) is 2.90. The van der Waals surface area contributed by atoms with E-state index in [0.717, 1.165) is 15.6 Å². The van der Waals surface area contributed by atoms with Crippen molar-refractivity contribution in [2.24, 2.45) is 0 Å². The first kappa shape index (κ1) is 15.3. The van der Waals surface area contributed by atoms with Gasteiger partial charge in [0.1, 0.15) is 5.82 Å². The van der Waals surface area contributed by atoms with Crippen molar-refractivity contribution < 1.29 is 9.50 Å². The average Bonchev–Trinajstić information content (AvgIpc) is 2.38. The zero-order valence-electron chi connectivity index (χ0n) is 10.8. The van der Waals surface area contributed by atoms with Crippen LogP contribution in [-0.2, 0) is 0 Å². The molecule has 0 amide bonds. The summed E-state index contributed by atoms with van der Waals surface area (Å²) in [6, 6.07) is 9.65. The highest BCUT2D eigenvalue weighted by atomic mass is 79.9. The molecule has 2 aromatic carbocycles. The van der Waals surface area contributed by atoms with Gasteiger partial charge in [0.15, 0.2) is 0 Å². The van der Waals surface area contributed by atoms with Crippen molar-refractivity contribution in [1.29, 1.82) is 0 Å². The number of halogens is 3. The molecule has 0 bridgehead atoms. The topological polar surface area (TPSA) is 32.3 Å². The Labute approximate surface area is 130 Å². The molecular weight excluding hydrogens is 345 g/mol. The van der Waals surface area contributed by atoms with Gasteiger partial charge in [-0.15, -0.1) is 0 Å². The number of aliphatic hydroxyl groups excluding tert-OH is 1. The molecule has 2 nitrogen and oxygen atoms in total. The zero-order valence-corrected chi connectivity index (χ0v) is 13.2. The molecule has 106 valence electrons. The van der Waals surface area contributed by atoms with Crippen LogP contribution in [0.3, 0.4) is 0 Å². The summed E-state index contributed by atoms with van der Waals surface area (Å²) in [7, 11) is 0. The summed E-state index contributed by atoms with van der Waals surface area (Å²) in [4.78, 5) is 0. The van der Waals surface area contributed by atoms with Gasteiger partial charge in [-0.3, -0.25) is 0 Å². The Bertz CT molecular complexity index is 601. The fraction of sp³-hybridized carbons (Fsp3) is 0.200. The summed E-state index contributed by atoms with van der Waals surface area (Å²) in [5, 5.41) is 13.3. The summed E-state index contributed by atoms with van der Waals surface area (Å²) in [6.07, 6.45) is 0. The Morgan fingerprint density at radius 2 is 2.05 bits per heavy atom. The minimum atomic E-state index is -0.371. The molecule has 0 heterocycles. The fourth-order valence-electron chi connectivity index (χ4n) is 2.02. The number of rotatable bonds is 4. The molecule has 0 aliphatic carbocycles. The molecule has 0 radical (unpaired) electrons. The average molecular weight is 359 g/mol. The van der Waals surface area contributed by atoms with Crippen LogP contribution < -0.4 is 5.32 Å². The van der Waals surface area contributed by atoms with Crippen molar-refractivity contribution in [2.75, 3.05) is 11.9 Å². The normalized spacial score (nSPS) is 12.2. The summed E-state index contributed by atoms with van der Waals surface area (Å²) in [5.74, 6) is -0.311. The van der Waals surface area contributed by atoms with Gasteiger partial charge < -0.3 is 10.4 Å². The lowest BCUT2D eigenvalue weighted by Crippen LogP contribution is -2.15. The molecule has 0 aliphatic heterocycles. The molecule has 0 spiro atoms. The van der Waals surface area contributed by atoms with Crippen molar-refractivity contribution in [3.8, 4) is 0 Å². The predicted molar refractivity (Wildman–Crippen MR) is 83.7 cm³/mol. The standard InChI is InChI=1S/C15H14BrClFNO/c1-9-4-11(18)7-12(5-9)19-15(8-20)13-6-10(17)2-3-14(13)16/h2-7,15,19-20H,8H2,1H3. The monoisotopic (exact) mass is 357 g/mol. The Balaban J connectivity index is 2.31. The van der Waals surface area contributed by atoms with Gasteiger partial charge in [0, 0.05) is 15.2 Å². The molecule has 2 aromatic rings. The predicted octanol–water partition coefficient (Wildman–Crippen LogP) is 4.70. The van der Waals surface area contributed by atoms with E-state index >= 15 is 0 Å². The van der Waals surface area contributed by atoms with Gasteiger partial charge in [0.25, 0.3) is 0 Å². The third-order valence-corrected chi connectivity index (χ3v) is 3.86. The second-order valence-electron chi connectivity index (χ2n) is 4.56. The van der Waals surface area contributed by atoms with E-state index in [2.05, 4.69) is 21.2 Å². The smallest absolute Gasteiger partial charge is 0.125 e. The Hall–Kier alpha value is -1.10. The van der Waals surface area contributed by atoms with E-state index in [1.807, 2.05) is 19.1 Å². The van der Waals surface area contributed by atoms with Crippen LogP contribution in [0, 0.1) is 12.7 Å². The van der Waals surface area contributed by atoms with Crippen molar-refractivity contribution in [1.82, 2.24) is 0 Å². The maximum atomic E-state index is 13.4. The van der Waals surface area contributed by atoms with Crippen molar-refractivity contribution in [3.05, 3.63) is 62.8 Å². The first-order valence-electron chi connectivity index (χ1n) is 6.09. The number of hydrogen-bond acceptors (Lipinski definition) is 2.